The van der Waals surface area contributed by atoms with Crippen molar-refractivity contribution in [2.24, 2.45) is 24.1 Å². The number of aromatic nitrogens is 2. The molecular weight excluding hydrogens is 174 g/mol. The number of hydrogen-bond donors (Lipinski definition) is 1. The molecule has 0 unspecified atom stereocenters. The maximum absolute atomic E-state index is 5.77. The fraction of sp³-hybridized carbons (Fsp3) is 0.727. The molecule has 0 aliphatic heterocycles. The maximum atomic E-state index is 5.77. The number of nitrogens with two attached hydrogens (primary N) is 1. The minimum absolute atomic E-state index is 0.364. The smallest absolute Gasteiger partial charge is 0.0628 e. The topological polar surface area (TPSA) is 43.8 Å². The van der Waals surface area contributed by atoms with Crippen molar-refractivity contribution in [1.29, 1.82) is 0 Å². The third-order valence-corrected chi connectivity index (χ3v) is 3.69. The first-order valence-corrected chi connectivity index (χ1v) is 5.18. The molecule has 1 aromatic rings. The highest BCUT2D eigenvalue weighted by atomic mass is 15.2. The molecule has 1 aliphatic carbocycles. The molecule has 2 rings (SSSR count). The Bertz CT molecular complexity index is 351. The second-order valence-electron chi connectivity index (χ2n) is 4.98. The molecule has 78 valence electrons. The van der Waals surface area contributed by atoms with Gasteiger partial charge < -0.3 is 5.73 Å². The predicted molar refractivity (Wildman–Crippen MR) is 57.0 cm³/mol. The molecule has 0 bridgehead atoms. The molecule has 14 heavy (non-hydrogen) atoms. The lowest BCUT2D eigenvalue weighted by Crippen LogP contribution is -2.05. The van der Waals surface area contributed by atoms with Crippen LogP contribution in [0, 0.1) is 18.3 Å². The number of rotatable bonds is 2. The van der Waals surface area contributed by atoms with Crippen LogP contribution in [0.25, 0.3) is 0 Å². The van der Waals surface area contributed by atoms with Crippen molar-refractivity contribution < 1.29 is 0 Å². The van der Waals surface area contributed by atoms with Gasteiger partial charge in [0.2, 0.25) is 0 Å². The highest BCUT2D eigenvalue weighted by Gasteiger charge is 2.58. The summed E-state index contributed by atoms with van der Waals surface area (Å²) in [6.45, 7) is 7.45. The Morgan fingerprint density at radius 2 is 2.21 bits per heavy atom. The van der Waals surface area contributed by atoms with Crippen LogP contribution in [-0.4, -0.2) is 16.3 Å². The van der Waals surface area contributed by atoms with E-state index in [4.69, 9.17) is 5.73 Å². The van der Waals surface area contributed by atoms with Crippen molar-refractivity contribution in [1.82, 2.24) is 9.78 Å². The molecular formula is C11H19N3. The number of nitrogens with zero attached hydrogens (tertiary/aromatic N) is 2. The molecule has 0 aromatic carbocycles. The zero-order valence-corrected chi connectivity index (χ0v) is 9.41. The van der Waals surface area contributed by atoms with Crippen molar-refractivity contribution in [2.45, 2.75) is 26.7 Å². The predicted octanol–water partition coefficient (Wildman–Crippen LogP) is 1.43. The summed E-state index contributed by atoms with van der Waals surface area (Å²) >= 11 is 0. The fourth-order valence-electron chi connectivity index (χ4n) is 2.72. The molecule has 1 fully saturated rings. The van der Waals surface area contributed by atoms with Crippen LogP contribution in [0.15, 0.2) is 6.20 Å². The Balaban J connectivity index is 2.30. The molecule has 3 heteroatoms. The Hall–Kier alpha value is -0.830. The second kappa shape index (κ2) is 2.83. The standard InChI is InChI=1S/C11H19N3/c1-7-8(6-14(4)13-7)10-9(5-12)11(10,2)3/h6,9-10H,5,12H2,1-4H3/t9-,10-/m0/s1. The Kier molecular flexibility index (Phi) is 1.96. The van der Waals surface area contributed by atoms with Gasteiger partial charge in [0.15, 0.2) is 0 Å². The van der Waals surface area contributed by atoms with Gasteiger partial charge in [-0.05, 0) is 36.3 Å². The summed E-state index contributed by atoms with van der Waals surface area (Å²) in [6.07, 6.45) is 2.14. The Morgan fingerprint density at radius 1 is 1.57 bits per heavy atom. The van der Waals surface area contributed by atoms with Crippen molar-refractivity contribution in [3.05, 3.63) is 17.5 Å². The minimum Gasteiger partial charge on any atom is -0.330 e. The number of aryl methyl sites for hydroxylation is 2. The van der Waals surface area contributed by atoms with E-state index in [9.17, 15) is 0 Å². The van der Waals surface area contributed by atoms with E-state index in [0.717, 1.165) is 12.2 Å². The van der Waals surface area contributed by atoms with Gasteiger partial charge in [-0.1, -0.05) is 13.8 Å². The zero-order chi connectivity index (χ0) is 10.5. The van der Waals surface area contributed by atoms with E-state index in [2.05, 4.69) is 32.1 Å². The van der Waals surface area contributed by atoms with Crippen molar-refractivity contribution >= 4 is 0 Å². The van der Waals surface area contributed by atoms with E-state index in [0.29, 0.717) is 17.3 Å². The first-order chi connectivity index (χ1) is 6.48. The normalized spacial score (nSPS) is 29.2. The first-order valence-electron chi connectivity index (χ1n) is 5.18. The third-order valence-electron chi connectivity index (χ3n) is 3.69. The Labute approximate surface area is 85.3 Å². The van der Waals surface area contributed by atoms with Crippen LogP contribution in [0.5, 0.6) is 0 Å². The lowest BCUT2D eigenvalue weighted by atomic mass is 10.0. The first kappa shape index (κ1) is 9.71. The van der Waals surface area contributed by atoms with Gasteiger partial charge in [-0.2, -0.15) is 5.10 Å². The van der Waals surface area contributed by atoms with E-state index >= 15 is 0 Å². The van der Waals surface area contributed by atoms with Gasteiger partial charge >= 0.3 is 0 Å². The van der Waals surface area contributed by atoms with Gasteiger partial charge in [0.05, 0.1) is 5.69 Å². The van der Waals surface area contributed by atoms with Crippen LogP contribution in [-0.2, 0) is 7.05 Å². The largest absolute Gasteiger partial charge is 0.330 e. The lowest BCUT2D eigenvalue weighted by Gasteiger charge is -2.00. The molecule has 0 amide bonds. The lowest BCUT2D eigenvalue weighted by molar-refractivity contribution is 0.558. The van der Waals surface area contributed by atoms with Gasteiger partial charge in [0.25, 0.3) is 0 Å². The molecule has 1 aromatic heterocycles. The van der Waals surface area contributed by atoms with Crippen LogP contribution in [0.3, 0.4) is 0 Å². The average molecular weight is 193 g/mol. The summed E-state index contributed by atoms with van der Waals surface area (Å²) in [5.41, 5.74) is 8.67. The van der Waals surface area contributed by atoms with E-state index in [1.165, 1.54) is 5.56 Å². The molecule has 2 atom stereocenters. The zero-order valence-electron chi connectivity index (χ0n) is 9.41. The fourth-order valence-corrected chi connectivity index (χ4v) is 2.72. The van der Waals surface area contributed by atoms with Crippen molar-refractivity contribution in [3.63, 3.8) is 0 Å². The summed E-state index contributed by atoms with van der Waals surface area (Å²) in [5.74, 6) is 1.24. The molecule has 1 saturated carbocycles. The summed E-state index contributed by atoms with van der Waals surface area (Å²) in [7, 11) is 1.98. The highest BCUT2D eigenvalue weighted by molar-refractivity contribution is 5.33. The number of hydrogen-bond acceptors (Lipinski definition) is 2. The van der Waals surface area contributed by atoms with Gasteiger partial charge in [0.1, 0.15) is 0 Å². The van der Waals surface area contributed by atoms with Crippen LogP contribution in [0.1, 0.15) is 31.0 Å². The summed E-state index contributed by atoms with van der Waals surface area (Å²) in [4.78, 5) is 0. The molecule has 0 spiro atoms. The Morgan fingerprint density at radius 3 is 2.57 bits per heavy atom. The maximum Gasteiger partial charge on any atom is 0.0628 e. The molecule has 3 nitrogen and oxygen atoms in total. The highest BCUT2D eigenvalue weighted by Crippen LogP contribution is 2.64. The molecule has 1 aliphatic rings. The quantitative estimate of drug-likeness (QED) is 0.772. The summed E-state index contributed by atoms with van der Waals surface area (Å²) in [5, 5.41) is 4.38. The summed E-state index contributed by atoms with van der Waals surface area (Å²) < 4.78 is 1.90. The van der Waals surface area contributed by atoms with E-state index in [1.807, 2.05) is 11.7 Å². The van der Waals surface area contributed by atoms with E-state index < -0.39 is 0 Å². The van der Waals surface area contributed by atoms with Gasteiger partial charge in [-0.15, -0.1) is 0 Å². The van der Waals surface area contributed by atoms with Gasteiger partial charge in [-0.25, -0.2) is 0 Å². The van der Waals surface area contributed by atoms with Crippen LogP contribution in [0.2, 0.25) is 0 Å². The van der Waals surface area contributed by atoms with Gasteiger partial charge in [0, 0.05) is 13.2 Å². The monoisotopic (exact) mass is 193 g/mol. The molecule has 2 N–H and O–H groups in total. The average Bonchev–Trinajstić information content (AvgIpc) is 2.46. The van der Waals surface area contributed by atoms with Gasteiger partial charge in [-0.3, -0.25) is 4.68 Å². The molecule has 0 radical (unpaired) electrons. The molecule has 1 heterocycles. The third kappa shape index (κ3) is 1.19. The van der Waals surface area contributed by atoms with E-state index in [1.54, 1.807) is 0 Å². The van der Waals surface area contributed by atoms with Crippen LogP contribution < -0.4 is 5.73 Å². The van der Waals surface area contributed by atoms with E-state index in [-0.39, 0.29) is 0 Å². The van der Waals surface area contributed by atoms with Crippen molar-refractivity contribution in [2.75, 3.05) is 6.54 Å². The molecule has 0 saturated heterocycles. The SMILES string of the molecule is Cc1nn(C)cc1[C@H]1[C@H](CN)C1(C)C. The second-order valence-corrected chi connectivity index (χ2v) is 4.98. The summed E-state index contributed by atoms with van der Waals surface area (Å²) in [6, 6.07) is 0. The van der Waals surface area contributed by atoms with Crippen LogP contribution >= 0.6 is 0 Å². The minimum atomic E-state index is 0.364. The van der Waals surface area contributed by atoms with Crippen molar-refractivity contribution in [3.8, 4) is 0 Å². The van der Waals surface area contributed by atoms with Crippen LogP contribution in [0.4, 0.5) is 0 Å².